The minimum Gasteiger partial charge on any atom is -0.389 e. The molecular formula is C24H29F2N3O. The van der Waals surface area contributed by atoms with E-state index in [1.807, 2.05) is 52.9 Å². The van der Waals surface area contributed by atoms with E-state index in [1.54, 1.807) is 6.07 Å². The molecule has 0 saturated heterocycles. The number of aliphatic hydroxyl groups is 1. The van der Waals surface area contributed by atoms with Crippen molar-refractivity contribution in [1.82, 2.24) is 10.3 Å². The molecular weight excluding hydrogens is 384 g/mol. The molecule has 0 spiro atoms. The predicted octanol–water partition coefficient (Wildman–Crippen LogP) is 5.27. The van der Waals surface area contributed by atoms with Gasteiger partial charge in [-0.15, -0.1) is 0 Å². The van der Waals surface area contributed by atoms with Gasteiger partial charge in [0.2, 0.25) is 0 Å². The fraction of sp³-hybridized carbons (Fsp3) is 0.417. The van der Waals surface area contributed by atoms with Crippen molar-refractivity contribution < 1.29 is 13.9 Å². The summed E-state index contributed by atoms with van der Waals surface area (Å²) in [6.07, 6.45) is 0.948. The predicted molar refractivity (Wildman–Crippen MR) is 118 cm³/mol. The molecule has 0 aliphatic carbocycles. The van der Waals surface area contributed by atoms with Gasteiger partial charge in [-0.2, -0.15) is 0 Å². The number of aromatic amines is 1. The summed E-state index contributed by atoms with van der Waals surface area (Å²) < 4.78 is 31.3. The molecule has 0 radical (unpaired) electrons. The molecule has 3 aromatic rings. The number of fused-ring (bicyclic) bond motifs is 2. The van der Waals surface area contributed by atoms with E-state index < -0.39 is 29.3 Å². The fourth-order valence-electron chi connectivity index (χ4n) is 4.36. The molecule has 2 aromatic carbocycles. The Labute approximate surface area is 175 Å². The first kappa shape index (κ1) is 20.8. The van der Waals surface area contributed by atoms with Crippen LogP contribution in [0.2, 0.25) is 0 Å². The SMILES string of the molecule is Cc1c[nH]c2c(-c3c(F)cc4c(c3F)[C@H](NCC(C)C)C(O)C(C)(C)N4)cccc12. The van der Waals surface area contributed by atoms with Crippen LogP contribution >= 0.6 is 0 Å². The highest BCUT2D eigenvalue weighted by Crippen LogP contribution is 2.44. The van der Waals surface area contributed by atoms with E-state index in [1.165, 1.54) is 6.07 Å². The lowest BCUT2D eigenvalue weighted by atomic mass is 9.80. The third-order valence-corrected chi connectivity index (χ3v) is 6.02. The van der Waals surface area contributed by atoms with Crippen LogP contribution in [-0.4, -0.2) is 28.3 Å². The smallest absolute Gasteiger partial charge is 0.140 e. The van der Waals surface area contributed by atoms with Crippen molar-refractivity contribution in [3.8, 4) is 11.1 Å². The molecule has 4 rings (SSSR count). The number of nitrogens with one attached hydrogen (secondary N) is 3. The number of aromatic nitrogens is 1. The Balaban J connectivity index is 1.94. The number of hydrogen-bond acceptors (Lipinski definition) is 3. The van der Waals surface area contributed by atoms with Gasteiger partial charge in [-0.25, -0.2) is 8.78 Å². The zero-order valence-corrected chi connectivity index (χ0v) is 18.0. The number of H-pyrrole nitrogens is 1. The first-order valence-corrected chi connectivity index (χ1v) is 10.4. The molecule has 160 valence electrons. The van der Waals surface area contributed by atoms with Crippen LogP contribution in [0.5, 0.6) is 0 Å². The molecule has 1 aromatic heterocycles. The first-order chi connectivity index (χ1) is 14.1. The van der Waals surface area contributed by atoms with Gasteiger partial charge in [-0.05, 0) is 44.9 Å². The zero-order chi connectivity index (χ0) is 21.8. The van der Waals surface area contributed by atoms with Crippen LogP contribution < -0.4 is 10.6 Å². The minimum atomic E-state index is -0.889. The quantitative estimate of drug-likeness (QED) is 0.471. The molecule has 4 nitrogen and oxygen atoms in total. The first-order valence-electron chi connectivity index (χ1n) is 10.4. The maximum absolute atomic E-state index is 16.0. The molecule has 6 heteroatoms. The molecule has 1 unspecified atom stereocenters. The van der Waals surface area contributed by atoms with Gasteiger partial charge in [0.05, 0.1) is 28.8 Å². The van der Waals surface area contributed by atoms with Gasteiger partial charge in [0.1, 0.15) is 11.6 Å². The molecule has 1 aliphatic rings. The normalized spacial score (nSPS) is 20.4. The van der Waals surface area contributed by atoms with Crippen LogP contribution in [0.3, 0.4) is 0 Å². The lowest BCUT2D eigenvalue weighted by Gasteiger charge is -2.44. The number of benzene rings is 2. The molecule has 30 heavy (non-hydrogen) atoms. The highest BCUT2D eigenvalue weighted by molar-refractivity contribution is 5.96. The molecule has 0 bridgehead atoms. The monoisotopic (exact) mass is 413 g/mol. The lowest BCUT2D eigenvalue weighted by Crippen LogP contribution is -2.54. The number of halogens is 2. The lowest BCUT2D eigenvalue weighted by molar-refractivity contribution is 0.0658. The Hall–Kier alpha value is -2.44. The second kappa shape index (κ2) is 7.36. The van der Waals surface area contributed by atoms with E-state index in [0.717, 1.165) is 10.9 Å². The Morgan fingerprint density at radius 2 is 1.97 bits per heavy atom. The second-order valence-corrected chi connectivity index (χ2v) is 9.28. The van der Waals surface area contributed by atoms with Crippen LogP contribution in [0, 0.1) is 24.5 Å². The van der Waals surface area contributed by atoms with Gasteiger partial charge in [0.25, 0.3) is 0 Å². The Morgan fingerprint density at radius 3 is 2.67 bits per heavy atom. The van der Waals surface area contributed by atoms with Gasteiger partial charge in [-0.3, -0.25) is 0 Å². The van der Waals surface area contributed by atoms with E-state index in [2.05, 4.69) is 15.6 Å². The summed E-state index contributed by atoms with van der Waals surface area (Å²) in [6, 6.07) is 6.16. The van der Waals surface area contributed by atoms with E-state index in [9.17, 15) is 5.11 Å². The van der Waals surface area contributed by atoms with Crippen LogP contribution in [0.15, 0.2) is 30.5 Å². The molecule has 0 fully saturated rings. The summed E-state index contributed by atoms with van der Waals surface area (Å²) in [4.78, 5) is 3.15. The standard InChI is InChI=1S/C24H29F2N3O/c1-12(2)10-27-22-19-17(29-24(4,5)23(22)30)9-16(25)18(20(19)26)15-8-6-7-14-13(3)11-28-21(14)15/h6-9,11-12,22-23,27-30H,10H2,1-5H3/t22-,23?/m0/s1. The fourth-order valence-corrected chi connectivity index (χ4v) is 4.36. The summed E-state index contributed by atoms with van der Waals surface area (Å²) in [6.45, 7) is 10.3. The van der Waals surface area contributed by atoms with Gasteiger partial charge in [-0.1, -0.05) is 32.0 Å². The largest absolute Gasteiger partial charge is 0.389 e. The zero-order valence-electron chi connectivity index (χ0n) is 18.0. The topological polar surface area (TPSA) is 60.1 Å². The van der Waals surface area contributed by atoms with Gasteiger partial charge < -0.3 is 20.7 Å². The maximum atomic E-state index is 16.0. The molecule has 4 N–H and O–H groups in total. The number of anilines is 1. The molecule has 1 aliphatic heterocycles. The maximum Gasteiger partial charge on any atom is 0.140 e. The number of aryl methyl sites for hydroxylation is 1. The van der Waals surface area contributed by atoms with E-state index in [-0.39, 0.29) is 11.1 Å². The highest BCUT2D eigenvalue weighted by atomic mass is 19.1. The minimum absolute atomic E-state index is 0.0775. The van der Waals surface area contributed by atoms with Crippen molar-refractivity contribution >= 4 is 16.6 Å². The average Bonchev–Trinajstić information content (AvgIpc) is 3.04. The van der Waals surface area contributed by atoms with Gasteiger partial charge >= 0.3 is 0 Å². The van der Waals surface area contributed by atoms with Crippen LogP contribution in [0.25, 0.3) is 22.0 Å². The van der Waals surface area contributed by atoms with Crippen molar-refractivity contribution in [2.45, 2.75) is 52.3 Å². The Morgan fingerprint density at radius 1 is 1.23 bits per heavy atom. The van der Waals surface area contributed by atoms with Crippen LogP contribution in [-0.2, 0) is 0 Å². The molecule has 2 heterocycles. The number of rotatable bonds is 4. The second-order valence-electron chi connectivity index (χ2n) is 9.28. The summed E-state index contributed by atoms with van der Waals surface area (Å²) in [7, 11) is 0. The van der Waals surface area contributed by atoms with Gasteiger partial charge in [0.15, 0.2) is 0 Å². The molecule has 0 saturated carbocycles. The third-order valence-electron chi connectivity index (χ3n) is 6.02. The van der Waals surface area contributed by atoms with Crippen molar-refractivity contribution in [3.05, 3.63) is 53.2 Å². The van der Waals surface area contributed by atoms with Crippen LogP contribution in [0.4, 0.5) is 14.5 Å². The average molecular weight is 414 g/mol. The number of hydrogen-bond donors (Lipinski definition) is 4. The van der Waals surface area contributed by atoms with E-state index >= 15 is 8.78 Å². The highest BCUT2D eigenvalue weighted by Gasteiger charge is 2.43. The molecule has 2 atom stereocenters. The third kappa shape index (κ3) is 3.28. The van der Waals surface area contributed by atoms with E-state index in [4.69, 9.17) is 0 Å². The van der Waals surface area contributed by atoms with Crippen LogP contribution in [0.1, 0.15) is 44.9 Å². The van der Waals surface area contributed by atoms with Gasteiger partial charge in [0, 0.05) is 28.4 Å². The Kier molecular flexibility index (Phi) is 5.11. The summed E-state index contributed by atoms with van der Waals surface area (Å²) in [5.74, 6) is -0.960. The summed E-state index contributed by atoms with van der Waals surface area (Å²) >= 11 is 0. The Bertz CT molecular complexity index is 1100. The van der Waals surface area contributed by atoms with Crippen molar-refractivity contribution in [3.63, 3.8) is 0 Å². The van der Waals surface area contributed by atoms with Crippen molar-refractivity contribution in [2.24, 2.45) is 5.92 Å². The number of aliphatic hydroxyl groups excluding tert-OH is 1. The van der Waals surface area contributed by atoms with E-state index in [0.29, 0.717) is 29.2 Å². The molecule has 0 amide bonds. The van der Waals surface area contributed by atoms with Crippen molar-refractivity contribution in [1.29, 1.82) is 0 Å². The van der Waals surface area contributed by atoms with Crippen molar-refractivity contribution in [2.75, 3.05) is 11.9 Å². The number of para-hydroxylation sites is 1. The summed E-state index contributed by atoms with van der Waals surface area (Å²) in [5.41, 5.74) is 2.02. The summed E-state index contributed by atoms with van der Waals surface area (Å²) in [5, 5.41) is 18.4.